The molecule has 0 saturated heterocycles. The third kappa shape index (κ3) is 7.50. The van der Waals surface area contributed by atoms with E-state index in [9.17, 15) is 14.9 Å². The van der Waals surface area contributed by atoms with Crippen molar-refractivity contribution in [2.75, 3.05) is 23.8 Å². The Hall–Kier alpha value is -3.99. The zero-order valence-corrected chi connectivity index (χ0v) is 22.0. The summed E-state index contributed by atoms with van der Waals surface area (Å²) in [6.07, 6.45) is 1.40. The summed E-state index contributed by atoms with van der Waals surface area (Å²) in [5.41, 5.74) is 3.35. The number of ether oxygens (including phenoxy) is 2. The van der Waals surface area contributed by atoms with Crippen molar-refractivity contribution in [3.8, 4) is 17.6 Å². The number of para-hydroxylation sites is 1. The fourth-order valence-corrected chi connectivity index (χ4v) is 3.88. The van der Waals surface area contributed by atoms with Crippen molar-refractivity contribution in [2.24, 2.45) is 0 Å². The highest BCUT2D eigenvalue weighted by Gasteiger charge is 2.17. The van der Waals surface area contributed by atoms with Crippen LogP contribution in [0.1, 0.15) is 23.6 Å². The number of aryl methyl sites for hydroxylation is 2. The molecule has 37 heavy (non-hydrogen) atoms. The molecule has 0 unspecified atom stereocenters. The van der Waals surface area contributed by atoms with Crippen LogP contribution in [0.25, 0.3) is 6.08 Å². The molecule has 7 nitrogen and oxygen atoms in total. The molecule has 0 saturated carbocycles. The average Bonchev–Trinajstić information content (AvgIpc) is 2.85. The van der Waals surface area contributed by atoms with Crippen LogP contribution in [0, 0.1) is 25.2 Å². The van der Waals surface area contributed by atoms with Crippen LogP contribution in [0.15, 0.2) is 60.2 Å². The zero-order chi connectivity index (χ0) is 26.9. The van der Waals surface area contributed by atoms with Crippen molar-refractivity contribution in [2.45, 2.75) is 20.8 Å². The van der Waals surface area contributed by atoms with Crippen LogP contribution in [0.3, 0.4) is 0 Å². The van der Waals surface area contributed by atoms with Gasteiger partial charge in [-0.05, 0) is 68.3 Å². The monoisotopic (exact) mass is 537 g/mol. The highest BCUT2D eigenvalue weighted by atomic mass is 35.5. The molecule has 0 spiro atoms. The van der Waals surface area contributed by atoms with Crippen molar-refractivity contribution in [3.05, 3.63) is 86.9 Å². The lowest BCUT2D eigenvalue weighted by atomic mass is 10.1. The van der Waals surface area contributed by atoms with E-state index in [4.69, 9.17) is 32.7 Å². The van der Waals surface area contributed by atoms with E-state index in [0.717, 1.165) is 11.1 Å². The lowest BCUT2D eigenvalue weighted by molar-refractivity contribution is -0.118. The average molecular weight is 538 g/mol. The quantitative estimate of drug-likeness (QED) is 0.237. The van der Waals surface area contributed by atoms with E-state index in [-0.39, 0.29) is 28.7 Å². The molecule has 0 bridgehead atoms. The largest absolute Gasteiger partial charge is 0.490 e. The summed E-state index contributed by atoms with van der Waals surface area (Å²) in [5, 5.41) is 15.6. The summed E-state index contributed by atoms with van der Waals surface area (Å²) in [4.78, 5) is 25.1. The lowest BCUT2D eigenvalue weighted by Gasteiger charge is -2.15. The molecule has 0 aliphatic heterocycles. The summed E-state index contributed by atoms with van der Waals surface area (Å²) in [6.45, 7) is 5.56. The molecule has 0 fully saturated rings. The second-order valence-corrected chi connectivity index (χ2v) is 8.84. The van der Waals surface area contributed by atoms with Crippen molar-refractivity contribution in [3.63, 3.8) is 0 Å². The number of benzene rings is 3. The van der Waals surface area contributed by atoms with Crippen molar-refractivity contribution in [1.82, 2.24) is 0 Å². The van der Waals surface area contributed by atoms with Crippen LogP contribution in [-0.2, 0) is 9.59 Å². The second-order valence-electron chi connectivity index (χ2n) is 8.02. The third-order valence-electron chi connectivity index (χ3n) is 5.13. The molecule has 3 aromatic carbocycles. The van der Waals surface area contributed by atoms with E-state index in [2.05, 4.69) is 10.6 Å². The van der Waals surface area contributed by atoms with Gasteiger partial charge < -0.3 is 20.1 Å². The maximum atomic E-state index is 12.8. The maximum Gasteiger partial charge on any atom is 0.266 e. The Bertz CT molecular complexity index is 1400. The molecule has 0 aliphatic carbocycles. The first kappa shape index (κ1) is 27.6. The molecule has 0 heterocycles. The third-order valence-corrected chi connectivity index (χ3v) is 5.74. The fourth-order valence-electron chi connectivity index (χ4n) is 3.42. The van der Waals surface area contributed by atoms with E-state index in [1.807, 2.05) is 32.0 Å². The van der Waals surface area contributed by atoms with Gasteiger partial charge in [0.05, 0.1) is 22.3 Å². The molecule has 190 valence electrons. The van der Waals surface area contributed by atoms with Crippen LogP contribution in [0.2, 0.25) is 10.0 Å². The van der Waals surface area contributed by atoms with Gasteiger partial charge in [-0.1, -0.05) is 53.0 Å². The molecule has 2 amide bonds. The van der Waals surface area contributed by atoms with Crippen LogP contribution in [0.4, 0.5) is 11.4 Å². The number of carbonyl (C=O) groups is 2. The van der Waals surface area contributed by atoms with Gasteiger partial charge in [0.1, 0.15) is 11.6 Å². The van der Waals surface area contributed by atoms with Gasteiger partial charge in [-0.3, -0.25) is 9.59 Å². The standard InChI is InChI=1S/C28H25Cl2N3O4/c1-4-36-25-14-19(12-20(15-31)28(35)33-23-10-9-17(2)11-18(23)3)13-22(30)27(25)37-16-26(34)32-24-8-6-5-7-21(24)29/h5-14H,4,16H2,1-3H3,(H,32,34)(H,33,35)/b20-12+. The number of amides is 2. The van der Waals surface area contributed by atoms with Crippen molar-refractivity contribution in [1.29, 1.82) is 5.26 Å². The summed E-state index contributed by atoms with van der Waals surface area (Å²) >= 11 is 12.5. The van der Waals surface area contributed by atoms with Gasteiger partial charge in [0.25, 0.3) is 11.8 Å². The Balaban J connectivity index is 1.79. The van der Waals surface area contributed by atoms with Gasteiger partial charge in [-0.15, -0.1) is 0 Å². The number of nitriles is 1. The molecule has 3 aromatic rings. The molecule has 0 radical (unpaired) electrons. The number of halogens is 2. The fraction of sp³-hybridized carbons (Fsp3) is 0.179. The van der Waals surface area contributed by atoms with Crippen LogP contribution >= 0.6 is 23.2 Å². The zero-order valence-electron chi connectivity index (χ0n) is 20.5. The number of hydrogen-bond donors (Lipinski definition) is 2. The molecule has 2 N–H and O–H groups in total. The number of nitrogens with one attached hydrogen (secondary N) is 2. The van der Waals surface area contributed by atoms with Crippen LogP contribution in [0.5, 0.6) is 11.5 Å². The first-order chi connectivity index (χ1) is 17.7. The summed E-state index contributed by atoms with van der Waals surface area (Å²) in [5.74, 6) is -0.572. The Kier molecular flexibility index (Phi) is 9.56. The number of anilines is 2. The minimum atomic E-state index is -0.555. The Morgan fingerprint density at radius 2 is 1.73 bits per heavy atom. The van der Waals surface area contributed by atoms with E-state index in [1.165, 1.54) is 12.1 Å². The van der Waals surface area contributed by atoms with Gasteiger partial charge in [0, 0.05) is 5.69 Å². The van der Waals surface area contributed by atoms with Gasteiger partial charge >= 0.3 is 0 Å². The van der Waals surface area contributed by atoms with E-state index < -0.39 is 11.8 Å². The van der Waals surface area contributed by atoms with Gasteiger partial charge in [0.2, 0.25) is 0 Å². The second kappa shape index (κ2) is 12.8. The van der Waals surface area contributed by atoms with E-state index >= 15 is 0 Å². The summed E-state index contributed by atoms with van der Waals surface area (Å²) in [6, 6.07) is 17.5. The first-order valence-corrected chi connectivity index (χ1v) is 12.1. The molecular formula is C28H25Cl2N3O4. The first-order valence-electron chi connectivity index (χ1n) is 11.4. The Labute approximate surface area is 225 Å². The van der Waals surface area contributed by atoms with E-state index in [1.54, 1.807) is 43.3 Å². The molecule has 0 atom stereocenters. The summed E-state index contributed by atoms with van der Waals surface area (Å²) < 4.78 is 11.3. The summed E-state index contributed by atoms with van der Waals surface area (Å²) in [7, 11) is 0. The number of nitrogens with zero attached hydrogens (tertiary/aromatic N) is 1. The number of hydrogen-bond acceptors (Lipinski definition) is 5. The number of rotatable bonds is 9. The predicted molar refractivity (Wildman–Crippen MR) is 146 cm³/mol. The molecule has 9 heteroatoms. The van der Waals surface area contributed by atoms with Gasteiger partial charge in [0.15, 0.2) is 18.1 Å². The highest BCUT2D eigenvalue weighted by molar-refractivity contribution is 6.33. The topological polar surface area (TPSA) is 100 Å². The van der Waals surface area contributed by atoms with Crippen LogP contribution < -0.4 is 20.1 Å². The molecule has 3 rings (SSSR count). The highest BCUT2D eigenvalue weighted by Crippen LogP contribution is 2.37. The maximum absolute atomic E-state index is 12.8. The van der Waals surface area contributed by atoms with Gasteiger partial charge in [-0.25, -0.2) is 0 Å². The molecule has 0 aliphatic rings. The predicted octanol–water partition coefficient (Wildman–Crippen LogP) is 6.57. The van der Waals surface area contributed by atoms with Crippen molar-refractivity contribution < 1.29 is 19.1 Å². The van der Waals surface area contributed by atoms with E-state index in [0.29, 0.717) is 28.6 Å². The van der Waals surface area contributed by atoms with Crippen LogP contribution in [-0.4, -0.2) is 25.0 Å². The van der Waals surface area contributed by atoms with Crippen molar-refractivity contribution >= 4 is 52.5 Å². The minimum Gasteiger partial charge on any atom is -0.490 e. The smallest absolute Gasteiger partial charge is 0.266 e. The SMILES string of the molecule is CCOc1cc(/C=C(\C#N)C(=O)Nc2ccc(C)cc2C)cc(Cl)c1OCC(=O)Nc1ccccc1Cl. The minimum absolute atomic E-state index is 0.119. The normalized spacial score (nSPS) is 10.9. The number of carbonyl (C=O) groups excluding carboxylic acids is 2. The molecular weight excluding hydrogens is 513 g/mol. The lowest BCUT2D eigenvalue weighted by Crippen LogP contribution is -2.20. The molecule has 0 aromatic heterocycles. The Morgan fingerprint density at radius 1 is 0.973 bits per heavy atom. The Morgan fingerprint density at radius 3 is 2.41 bits per heavy atom. The van der Waals surface area contributed by atoms with Gasteiger partial charge in [-0.2, -0.15) is 5.26 Å².